The van der Waals surface area contributed by atoms with E-state index in [0.717, 1.165) is 11.8 Å². The summed E-state index contributed by atoms with van der Waals surface area (Å²) in [6, 6.07) is 21.4. The molecule has 5 heteroatoms. The molecule has 2 N–H and O–H groups in total. The molecule has 5 nitrogen and oxygen atoms in total. The molecule has 1 heterocycles. The second-order valence-electron chi connectivity index (χ2n) is 14.0. The number of carbonyl (C=O) groups excluding carboxylic acids is 2. The molecule has 5 rings (SSSR count). The van der Waals surface area contributed by atoms with Gasteiger partial charge < -0.3 is 10.6 Å². The Kier molecular flexibility index (Phi) is 12.9. The smallest absolute Gasteiger partial charge is 0.256 e. The number of amides is 2. The third-order valence-corrected chi connectivity index (χ3v) is 10.6. The minimum atomic E-state index is -0.201. The van der Waals surface area contributed by atoms with E-state index in [0.29, 0.717) is 34.6 Å². The van der Waals surface area contributed by atoms with Gasteiger partial charge in [0, 0.05) is 11.1 Å². The molecule has 0 radical (unpaired) electrons. The molecule has 2 amide bonds. The van der Waals surface area contributed by atoms with E-state index in [1.807, 2.05) is 24.3 Å². The first-order valence-electron chi connectivity index (χ1n) is 18.3. The molecule has 2 fully saturated rings. The largest absolute Gasteiger partial charge is 0.306 e. The fourth-order valence-corrected chi connectivity index (χ4v) is 7.70. The molecule has 2 aliphatic carbocycles. The third kappa shape index (κ3) is 9.77. The van der Waals surface area contributed by atoms with Gasteiger partial charge in [-0.3, -0.25) is 9.59 Å². The zero-order chi connectivity index (χ0) is 32.1. The molecular formula is C41H55N3O2. The molecule has 2 aliphatic rings. The number of rotatable bonds is 14. The number of aromatic nitrogens is 1. The second-order valence-corrected chi connectivity index (χ2v) is 14.0. The minimum Gasteiger partial charge on any atom is -0.306 e. The van der Waals surface area contributed by atoms with Gasteiger partial charge in [0.1, 0.15) is 11.6 Å². The maximum atomic E-state index is 13.0. The van der Waals surface area contributed by atoms with Gasteiger partial charge in [0.25, 0.3) is 11.8 Å². The number of hydrogen-bond donors (Lipinski definition) is 2. The predicted octanol–water partition coefficient (Wildman–Crippen LogP) is 11.3. The Morgan fingerprint density at radius 2 is 0.957 bits per heavy atom. The maximum Gasteiger partial charge on any atom is 0.256 e. The van der Waals surface area contributed by atoms with Crippen molar-refractivity contribution in [2.24, 2.45) is 11.8 Å². The zero-order valence-corrected chi connectivity index (χ0v) is 28.2. The second kappa shape index (κ2) is 17.4. The highest BCUT2D eigenvalue weighted by Crippen LogP contribution is 2.39. The van der Waals surface area contributed by atoms with Gasteiger partial charge in [0.05, 0.1) is 0 Å². The third-order valence-electron chi connectivity index (χ3n) is 10.6. The van der Waals surface area contributed by atoms with Crippen molar-refractivity contribution in [2.75, 3.05) is 10.6 Å². The quantitative estimate of drug-likeness (QED) is 0.176. The molecule has 2 aromatic carbocycles. The van der Waals surface area contributed by atoms with E-state index in [4.69, 9.17) is 0 Å². The van der Waals surface area contributed by atoms with Gasteiger partial charge in [-0.15, -0.1) is 0 Å². The van der Waals surface area contributed by atoms with Crippen molar-refractivity contribution >= 4 is 23.5 Å². The van der Waals surface area contributed by atoms with Crippen molar-refractivity contribution in [3.63, 3.8) is 0 Å². The summed E-state index contributed by atoms with van der Waals surface area (Å²) in [7, 11) is 0. The molecule has 3 aromatic rings. The Labute approximate surface area is 277 Å². The van der Waals surface area contributed by atoms with Crippen molar-refractivity contribution in [2.45, 2.75) is 128 Å². The first-order chi connectivity index (χ1) is 22.5. The predicted molar refractivity (Wildman–Crippen MR) is 191 cm³/mol. The summed E-state index contributed by atoms with van der Waals surface area (Å²) in [4.78, 5) is 30.5. The van der Waals surface area contributed by atoms with Gasteiger partial charge in [0.15, 0.2) is 0 Å². The van der Waals surface area contributed by atoms with Crippen molar-refractivity contribution in [1.82, 2.24) is 4.98 Å². The van der Waals surface area contributed by atoms with E-state index >= 15 is 0 Å². The van der Waals surface area contributed by atoms with Crippen molar-refractivity contribution in [1.29, 1.82) is 0 Å². The minimum absolute atomic E-state index is 0.201. The average Bonchev–Trinajstić information content (AvgIpc) is 3.09. The molecule has 0 saturated heterocycles. The molecule has 2 saturated carbocycles. The van der Waals surface area contributed by atoms with Crippen LogP contribution in [0.4, 0.5) is 11.6 Å². The molecular weight excluding hydrogens is 566 g/mol. The van der Waals surface area contributed by atoms with Gasteiger partial charge in [-0.2, -0.15) is 0 Å². The van der Waals surface area contributed by atoms with Crippen LogP contribution in [0.1, 0.15) is 160 Å². The molecule has 246 valence electrons. The van der Waals surface area contributed by atoms with Gasteiger partial charge in [-0.05, 0) is 123 Å². The number of nitrogens with zero attached hydrogens (tertiary/aromatic N) is 1. The number of benzene rings is 2. The average molecular weight is 622 g/mol. The number of nitrogens with one attached hydrogen (secondary N) is 2. The lowest BCUT2D eigenvalue weighted by molar-refractivity contribution is 0.101. The molecule has 0 spiro atoms. The van der Waals surface area contributed by atoms with Crippen LogP contribution in [-0.4, -0.2) is 16.8 Å². The van der Waals surface area contributed by atoms with Crippen LogP contribution in [0.5, 0.6) is 0 Å². The topological polar surface area (TPSA) is 71.1 Å². The van der Waals surface area contributed by atoms with Crippen LogP contribution in [0.2, 0.25) is 0 Å². The lowest BCUT2D eigenvalue weighted by Gasteiger charge is -2.29. The molecule has 0 atom stereocenters. The summed E-state index contributed by atoms with van der Waals surface area (Å²) in [6.45, 7) is 4.54. The first kappa shape index (κ1) is 33.9. The SMILES string of the molecule is CCCCCC1CCC(c2ccc(C(=O)Nc3cccc(NC(=O)c4ccc(C5CCC(CCCCC)CC5)cc4)n3)cc2)CC1. The van der Waals surface area contributed by atoms with Crippen LogP contribution < -0.4 is 10.6 Å². The Morgan fingerprint density at radius 1 is 0.565 bits per heavy atom. The number of anilines is 2. The monoisotopic (exact) mass is 621 g/mol. The number of pyridine rings is 1. The van der Waals surface area contributed by atoms with Crippen LogP contribution in [0.25, 0.3) is 0 Å². The molecule has 0 aliphatic heterocycles. The first-order valence-corrected chi connectivity index (χ1v) is 18.3. The summed E-state index contributed by atoms with van der Waals surface area (Å²) >= 11 is 0. The van der Waals surface area contributed by atoms with E-state index < -0.39 is 0 Å². The van der Waals surface area contributed by atoms with Gasteiger partial charge >= 0.3 is 0 Å². The summed E-state index contributed by atoms with van der Waals surface area (Å²) in [5, 5.41) is 5.80. The normalized spacial score (nSPS) is 21.4. The maximum absolute atomic E-state index is 13.0. The van der Waals surface area contributed by atoms with Gasteiger partial charge in [-0.1, -0.05) is 95.5 Å². The Bertz CT molecular complexity index is 1260. The van der Waals surface area contributed by atoms with Crippen LogP contribution in [0.3, 0.4) is 0 Å². The number of carbonyl (C=O) groups is 2. The molecule has 46 heavy (non-hydrogen) atoms. The Balaban J connectivity index is 1.08. The highest BCUT2D eigenvalue weighted by atomic mass is 16.2. The van der Waals surface area contributed by atoms with Crippen molar-refractivity contribution in [3.05, 3.63) is 89.0 Å². The van der Waals surface area contributed by atoms with Crippen LogP contribution in [-0.2, 0) is 0 Å². The Hall–Kier alpha value is -3.47. The van der Waals surface area contributed by atoms with Crippen molar-refractivity contribution < 1.29 is 9.59 Å². The van der Waals surface area contributed by atoms with Crippen LogP contribution in [0, 0.1) is 11.8 Å². The summed E-state index contributed by atoms with van der Waals surface area (Å²) < 4.78 is 0. The van der Waals surface area contributed by atoms with Gasteiger partial charge in [0.2, 0.25) is 0 Å². The van der Waals surface area contributed by atoms with E-state index in [1.54, 1.807) is 18.2 Å². The summed E-state index contributed by atoms with van der Waals surface area (Å²) in [5.41, 5.74) is 3.89. The number of unbranched alkanes of at least 4 members (excludes halogenated alkanes) is 4. The molecule has 1 aromatic heterocycles. The summed E-state index contributed by atoms with van der Waals surface area (Å²) in [6.07, 6.45) is 21.1. The van der Waals surface area contributed by atoms with E-state index in [1.165, 1.54) is 114 Å². The highest BCUT2D eigenvalue weighted by molar-refractivity contribution is 6.05. The Morgan fingerprint density at radius 3 is 1.33 bits per heavy atom. The lowest BCUT2D eigenvalue weighted by Crippen LogP contribution is -2.16. The number of hydrogen-bond acceptors (Lipinski definition) is 3. The summed E-state index contributed by atoms with van der Waals surface area (Å²) in [5.74, 6) is 3.39. The highest BCUT2D eigenvalue weighted by Gasteiger charge is 2.23. The van der Waals surface area contributed by atoms with E-state index in [2.05, 4.69) is 53.7 Å². The molecule has 0 unspecified atom stereocenters. The lowest BCUT2D eigenvalue weighted by atomic mass is 9.77. The van der Waals surface area contributed by atoms with E-state index in [-0.39, 0.29) is 11.8 Å². The van der Waals surface area contributed by atoms with Crippen molar-refractivity contribution in [3.8, 4) is 0 Å². The zero-order valence-electron chi connectivity index (χ0n) is 28.2. The standard InChI is InChI=1S/C41H55N3O2/c1-3-5-7-10-30-14-18-32(19-15-30)34-22-26-36(27-23-34)40(45)43-38-12-9-13-39(42-38)44-41(46)37-28-24-35(25-29-37)33-20-16-31(17-21-33)11-8-6-4-2/h9,12-13,22-33H,3-8,10-11,14-21H2,1-2H3,(H2,42,43,44,45,46). The van der Waals surface area contributed by atoms with Crippen LogP contribution in [0.15, 0.2) is 66.7 Å². The van der Waals surface area contributed by atoms with E-state index in [9.17, 15) is 9.59 Å². The van der Waals surface area contributed by atoms with Crippen LogP contribution >= 0.6 is 0 Å². The fraction of sp³-hybridized carbons (Fsp3) is 0.537. The van der Waals surface area contributed by atoms with Gasteiger partial charge in [-0.25, -0.2) is 4.98 Å². The molecule has 0 bridgehead atoms. The fourth-order valence-electron chi connectivity index (χ4n) is 7.70.